The van der Waals surface area contributed by atoms with E-state index in [1.165, 1.54) is 0 Å². The smallest absolute Gasteiger partial charge is 0.261 e. The van der Waals surface area contributed by atoms with Crippen molar-refractivity contribution in [3.8, 4) is 0 Å². The average Bonchev–Trinajstić information content (AvgIpc) is 3.02. The number of fused-ring (bicyclic) bond motifs is 1. The van der Waals surface area contributed by atoms with Crippen LogP contribution in [0, 0.1) is 0 Å². The Kier molecular flexibility index (Phi) is 5.47. The molecule has 136 valence electrons. The number of nitrogens with one attached hydrogen (secondary N) is 3. The Bertz CT molecular complexity index is 990. The van der Waals surface area contributed by atoms with Crippen LogP contribution < -0.4 is 10.9 Å². The SMILES string of the molecule is CCC(C)c1ccc(C(=O)NCCc2c[nH]c3cc(Cl)ccc23)c(=O)[nH]1. The Morgan fingerprint density at radius 3 is 2.81 bits per heavy atom. The van der Waals surface area contributed by atoms with Gasteiger partial charge in [0.25, 0.3) is 11.5 Å². The van der Waals surface area contributed by atoms with Crippen LogP contribution >= 0.6 is 11.6 Å². The largest absolute Gasteiger partial charge is 0.361 e. The molecular formula is C20H22ClN3O2. The summed E-state index contributed by atoms with van der Waals surface area (Å²) in [4.78, 5) is 30.4. The fourth-order valence-corrected chi connectivity index (χ4v) is 3.12. The fourth-order valence-electron chi connectivity index (χ4n) is 2.95. The highest BCUT2D eigenvalue weighted by Crippen LogP contribution is 2.22. The zero-order valence-corrected chi connectivity index (χ0v) is 15.6. The predicted octanol–water partition coefficient (Wildman–Crippen LogP) is 4.00. The molecule has 0 aliphatic carbocycles. The molecule has 3 N–H and O–H groups in total. The van der Waals surface area contributed by atoms with Gasteiger partial charge in [-0.25, -0.2) is 0 Å². The minimum atomic E-state index is -0.357. The van der Waals surface area contributed by atoms with Crippen LogP contribution in [0.4, 0.5) is 0 Å². The van der Waals surface area contributed by atoms with Crippen LogP contribution in [0.25, 0.3) is 10.9 Å². The Hall–Kier alpha value is -2.53. The average molecular weight is 372 g/mol. The predicted molar refractivity (Wildman–Crippen MR) is 105 cm³/mol. The van der Waals surface area contributed by atoms with Crippen molar-refractivity contribution in [3.63, 3.8) is 0 Å². The molecule has 5 nitrogen and oxygen atoms in total. The summed E-state index contributed by atoms with van der Waals surface area (Å²) in [5, 5.41) is 4.58. The lowest BCUT2D eigenvalue weighted by atomic mass is 10.0. The summed E-state index contributed by atoms with van der Waals surface area (Å²) in [7, 11) is 0. The van der Waals surface area contributed by atoms with Crippen molar-refractivity contribution in [1.29, 1.82) is 0 Å². The number of halogens is 1. The molecule has 1 aromatic carbocycles. The fraction of sp³-hybridized carbons (Fsp3) is 0.300. The lowest BCUT2D eigenvalue weighted by Gasteiger charge is -2.09. The zero-order chi connectivity index (χ0) is 18.7. The van der Waals surface area contributed by atoms with Gasteiger partial charge in [0.1, 0.15) is 5.56 Å². The summed E-state index contributed by atoms with van der Waals surface area (Å²) in [5.41, 5.74) is 2.71. The molecule has 6 heteroatoms. The molecule has 0 spiro atoms. The van der Waals surface area contributed by atoms with E-state index in [9.17, 15) is 9.59 Å². The second kappa shape index (κ2) is 7.79. The molecule has 0 fully saturated rings. The van der Waals surface area contributed by atoms with Gasteiger partial charge in [-0.1, -0.05) is 31.5 Å². The van der Waals surface area contributed by atoms with E-state index in [0.717, 1.165) is 28.6 Å². The lowest BCUT2D eigenvalue weighted by Crippen LogP contribution is -2.31. The number of H-pyrrole nitrogens is 2. The van der Waals surface area contributed by atoms with Crippen molar-refractivity contribution in [2.45, 2.75) is 32.6 Å². The van der Waals surface area contributed by atoms with Crippen molar-refractivity contribution < 1.29 is 4.79 Å². The number of hydrogen-bond donors (Lipinski definition) is 3. The lowest BCUT2D eigenvalue weighted by molar-refractivity contribution is 0.0952. The van der Waals surface area contributed by atoms with E-state index < -0.39 is 0 Å². The van der Waals surface area contributed by atoms with E-state index >= 15 is 0 Å². The zero-order valence-electron chi connectivity index (χ0n) is 14.9. The van der Waals surface area contributed by atoms with Crippen molar-refractivity contribution in [2.75, 3.05) is 6.54 Å². The molecule has 0 bridgehead atoms. The minimum absolute atomic E-state index is 0.141. The van der Waals surface area contributed by atoms with Gasteiger partial charge in [-0.2, -0.15) is 0 Å². The minimum Gasteiger partial charge on any atom is -0.361 e. The Labute approximate surface area is 156 Å². The third kappa shape index (κ3) is 3.83. The van der Waals surface area contributed by atoms with E-state index in [1.54, 1.807) is 6.07 Å². The molecule has 1 amide bonds. The van der Waals surface area contributed by atoms with Crippen LogP contribution in [-0.2, 0) is 6.42 Å². The number of hydrogen-bond acceptors (Lipinski definition) is 2. The first-order valence-corrected chi connectivity index (χ1v) is 9.14. The van der Waals surface area contributed by atoms with Gasteiger partial charge < -0.3 is 15.3 Å². The van der Waals surface area contributed by atoms with E-state index in [2.05, 4.69) is 22.2 Å². The summed E-state index contributed by atoms with van der Waals surface area (Å²) in [6.45, 7) is 4.54. The normalized spacial score (nSPS) is 12.3. The molecular weight excluding hydrogens is 350 g/mol. The van der Waals surface area contributed by atoms with E-state index in [0.29, 0.717) is 18.0 Å². The molecule has 0 aliphatic rings. The summed E-state index contributed by atoms with van der Waals surface area (Å²) in [6.07, 6.45) is 3.51. The Morgan fingerprint density at radius 1 is 1.27 bits per heavy atom. The van der Waals surface area contributed by atoms with Gasteiger partial charge in [0.05, 0.1) is 0 Å². The molecule has 1 atom stereocenters. The summed E-state index contributed by atoms with van der Waals surface area (Å²) >= 11 is 5.99. The van der Waals surface area contributed by atoms with Crippen LogP contribution in [-0.4, -0.2) is 22.4 Å². The molecule has 2 aromatic heterocycles. The topological polar surface area (TPSA) is 77.8 Å². The highest BCUT2D eigenvalue weighted by Gasteiger charge is 2.13. The van der Waals surface area contributed by atoms with Crippen LogP contribution in [0.3, 0.4) is 0 Å². The maximum absolute atomic E-state index is 12.3. The standard InChI is InChI=1S/C20H22ClN3O2/c1-3-12(2)17-7-6-16(20(26)24-17)19(25)22-9-8-13-11-23-18-10-14(21)4-5-15(13)18/h4-7,10-12,23H,3,8-9H2,1-2H3,(H,22,25)(H,24,26). The van der Waals surface area contributed by atoms with Crippen molar-refractivity contribution >= 4 is 28.4 Å². The molecule has 0 aliphatic heterocycles. The third-order valence-corrected chi connectivity index (χ3v) is 4.96. The number of aromatic nitrogens is 2. The van der Waals surface area contributed by atoms with Crippen LogP contribution in [0.5, 0.6) is 0 Å². The van der Waals surface area contributed by atoms with E-state index in [1.807, 2.05) is 37.4 Å². The summed E-state index contributed by atoms with van der Waals surface area (Å²) in [6, 6.07) is 9.09. The first kappa shape index (κ1) is 18.3. The van der Waals surface area contributed by atoms with Crippen molar-refractivity contribution in [1.82, 2.24) is 15.3 Å². The summed E-state index contributed by atoms with van der Waals surface area (Å²) in [5.74, 6) is -0.0972. The van der Waals surface area contributed by atoms with Gasteiger partial charge in [-0.3, -0.25) is 9.59 Å². The molecule has 0 saturated heterocycles. The molecule has 26 heavy (non-hydrogen) atoms. The van der Waals surface area contributed by atoms with E-state index in [-0.39, 0.29) is 22.9 Å². The van der Waals surface area contributed by atoms with E-state index in [4.69, 9.17) is 11.6 Å². The van der Waals surface area contributed by atoms with Gasteiger partial charge in [0.2, 0.25) is 0 Å². The van der Waals surface area contributed by atoms with Gasteiger partial charge in [-0.05, 0) is 48.6 Å². The maximum atomic E-state index is 12.3. The molecule has 0 saturated carbocycles. The summed E-state index contributed by atoms with van der Waals surface area (Å²) < 4.78 is 0. The van der Waals surface area contributed by atoms with Crippen LogP contribution in [0.1, 0.15) is 47.8 Å². The van der Waals surface area contributed by atoms with Gasteiger partial charge in [0.15, 0.2) is 0 Å². The molecule has 0 radical (unpaired) electrons. The first-order chi connectivity index (χ1) is 12.5. The molecule has 2 heterocycles. The van der Waals surface area contributed by atoms with Gasteiger partial charge >= 0.3 is 0 Å². The highest BCUT2D eigenvalue weighted by molar-refractivity contribution is 6.31. The second-order valence-corrected chi connectivity index (χ2v) is 6.91. The maximum Gasteiger partial charge on any atom is 0.261 e. The Balaban J connectivity index is 1.64. The van der Waals surface area contributed by atoms with Crippen LogP contribution in [0.15, 0.2) is 41.3 Å². The van der Waals surface area contributed by atoms with Crippen LogP contribution in [0.2, 0.25) is 5.02 Å². The number of amides is 1. The number of pyridine rings is 1. The quantitative estimate of drug-likeness (QED) is 0.612. The second-order valence-electron chi connectivity index (χ2n) is 6.48. The number of rotatable bonds is 6. The number of carbonyl (C=O) groups excluding carboxylic acids is 1. The van der Waals surface area contributed by atoms with Crippen molar-refractivity contribution in [3.05, 3.63) is 68.7 Å². The highest BCUT2D eigenvalue weighted by atomic mass is 35.5. The number of aromatic amines is 2. The first-order valence-electron chi connectivity index (χ1n) is 8.76. The molecule has 1 unspecified atom stereocenters. The van der Waals surface area contributed by atoms with Gasteiger partial charge in [-0.15, -0.1) is 0 Å². The van der Waals surface area contributed by atoms with Crippen molar-refractivity contribution in [2.24, 2.45) is 0 Å². The molecule has 3 aromatic rings. The number of carbonyl (C=O) groups is 1. The number of benzene rings is 1. The monoisotopic (exact) mass is 371 g/mol. The third-order valence-electron chi connectivity index (χ3n) is 4.73. The molecule has 3 rings (SSSR count). The van der Waals surface area contributed by atoms with Gasteiger partial charge in [0, 0.05) is 34.4 Å². The Morgan fingerprint density at radius 2 is 2.08 bits per heavy atom.